The van der Waals surface area contributed by atoms with Gasteiger partial charge in [-0.2, -0.15) is 0 Å². The minimum Gasteiger partial charge on any atom is -0.493 e. The van der Waals surface area contributed by atoms with Crippen LogP contribution in [-0.2, 0) is 9.59 Å². The molecule has 2 amide bonds. The maximum atomic E-state index is 11.4. The minimum absolute atomic E-state index is 0.145. The van der Waals surface area contributed by atoms with Gasteiger partial charge in [-0.1, -0.05) is 6.07 Å². The molecule has 0 saturated heterocycles. The molecule has 0 spiro atoms. The highest BCUT2D eigenvalue weighted by Gasteiger charge is 2.11. The third kappa shape index (κ3) is 4.73. The molecule has 18 heavy (non-hydrogen) atoms. The maximum absolute atomic E-state index is 11.4. The Balaban J connectivity index is 2.29. The van der Waals surface area contributed by atoms with E-state index in [1.54, 1.807) is 24.3 Å². The predicted octanol–water partition coefficient (Wildman–Crippen LogP) is 0.0277. The van der Waals surface area contributed by atoms with Crippen molar-refractivity contribution in [3.8, 4) is 5.75 Å². The summed E-state index contributed by atoms with van der Waals surface area (Å²) < 4.78 is 5.34. The lowest BCUT2D eigenvalue weighted by molar-refractivity contribution is -0.127. The topological polar surface area (TPSA) is 107 Å². The van der Waals surface area contributed by atoms with Crippen molar-refractivity contribution >= 4 is 17.5 Å². The first kappa shape index (κ1) is 13.8. The molecular weight excluding hydrogens is 234 g/mol. The zero-order valence-corrected chi connectivity index (χ0v) is 10.2. The molecule has 0 heterocycles. The van der Waals surface area contributed by atoms with Crippen LogP contribution in [0.4, 0.5) is 5.69 Å². The lowest BCUT2D eigenvalue weighted by Crippen LogP contribution is -2.42. The Morgan fingerprint density at radius 3 is 2.78 bits per heavy atom. The summed E-state index contributed by atoms with van der Waals surface area (Å²) in [6.07, 6.45) is 0.145. The van der Waals surface area contributed by atoms with Crippen molar-refractivity contribution in [3.05, 3.63) is 24.3 Å². The maximum Gasteiger partial charge on any atom is 0.239 e. The van der Waals surface area contributed by atoms with Gasteiger partial charge in [0.2, 0.25) is 11.8 Å². The molecule has 0 bridgehead atoms. The Hall–Kier alpha value is -2.24. The second-order valence-corrected chi connectivity index (χ2v) is 3.86. The monoisotopic (exact) mass is 251 g/mol. The van der Waals surface area contributed by atoms with E-state index >= 15 is 0 Å². The number of benzene rings is 1. The standard InChI is InChI=1S/C12H17N3O3/c1-8(12(14)17)15-11(16)5-6-18-10-4-2-3-9(13)7-10/h2-4,7-8H,5-6,13H2,1H3,(H2,14,17)(H,15,16). The van der Waals surface area contributed by atoms with Crippen LogP contribution in [0.1, 0.15) is 13.3 Å². The Labute approximate surface area is 105 Å². The van der Waals surface area contributed by atoms with Gasteiger partial charge in [-0.25, -0.2) is 0 Å². The summed E-state index contributed by atoms with van der Waals surface area (Å²) in [6, 6.07) is 6.25. The van der Waals surface area contributed by atoms with Crippen LogP contribution in [-0.4, -0.2) is 24.5 Å². The van der Waals surface area contributed by atoms with Gasteiger partial charge in [0.25, 0.3) is 0 Å². The number of nitrogen functional groups attached to an aromatic ring is 1. The molecule has 0 radical (unpaired) electrons. The first-order valence-corrected chi connectivity index (χ1v) is 5.56. The van der Waals surface area contributed by atoms with Crippen LogP contribution in [0.5, 0.6) is 5.75 Å². The van der Waals surface area contributed by atoms with Crippen LogP contribution in [0, 0.1) is 0 Å². The van der Waals surface area contributed by atoms with Gasteiger partial charge >= 0.3 is 0 Å². The van der Waals surface area contributed by atoms with Gasteiger partial charge in [0, 0.05) is 11.8 Å². The fourth-order valence-electron chi connectivity index (χ4n) is 1.25. The van der Waals surface area contributed by atoms with E-state index in [9.17, 15) is 9.59 Å². The first-order valence-electron chi connectivity index (χ1n) is 5.56. The molecule has 0 aliphatic carbocycles. The molecular formula is C12H17N3O3. The van der Waals surface area contributed by atoms with Crippen LogP contribution in [0.15, 0.2) is 24.3 Å². The number of hydrogen-bond acceptors (Lipinski definition) is 4. The number of ether oxygens (including phenoxy) is 1. The summed E-state index contributed by atoms with van der Waals surface area (Å²) in [7, 11) is 0. The number of rotatable bonds is 6. The molecule has 1 rings (SSSR count). The summed E-state index contributed by atoms with van der Waals surface area (Å²) in [5.41, 5.74) is 11.2. The number of primary amides is 1. The number of carbonyl (C=O) groups is 2. The van der Waals surface area contributed by atoms with Crippen molar-refractivity contribution in [2.24, 2.45) is 5.73 Å². The van der Waals surface area contributed by atoms with E-state index < -0.39 is 11.9 Å². The molecule has 1 unspecified atom stereocenters. The van der Waals surface area contributed by atoms with Crippen LogP contribution in [0.3, 0.4) is 0 Å². The second-order valence-electron chi connectivity index (χ2n) is 3.86. The molecule has 6 heteroatoms. The molecule has 1 aromatic rings. The fourth-order valence-corrected chi connectivity index (χ4v) is 1.25. The Bertz CT molecular complexity index is 434. The zero-order chi connectivity index (χ0) is 13.5. The van der Waals surface area contributed by atoms with E-state index in [4.69, 9.17) is 16.2 Å². The molecule has 0 fully saturated rings. The Kier molecular flexibility index (Phi) is 4.98. The lowest BCUT2D eigenvalue weighted by atomic mass is 10.3. The smallest absolute Gasteiger partial charge is 0.239 e. The van der Waals surface area contributed by atoms with Crippen LogP contribution in [0.2, 0.25) is 0 Å². The third-order valence-electron chi connectivity index (χ3n) is 2.26. The predicted molar refractivity (Wildman–Crippen MR) is 67.8 cm³/mol. The summed E-state index contributed by atoms with van der Waals surface area (Å²) in [6.45, 7) is 1.74. The molecule has 1 aromatic carbocycles. The molecule has 6 nitrogen and oxygen atoms in total. The molecule has 0 saturated carbocycles. The average molecular weight is 251 g/mol. The van der Waals surface area contributed by atoms with E-state index in [2.05, 4.69) is 5.32 Å². The van der Waals surface area contributed by atoms with Gasteiger partial charge in [0.1, 0.15) is 11.8 Å². The van der Waals surface area contributed by atoms with Crippen LogP contribution >= 0.6 is 0 Å². The number of amides is 2. The van der Waals surface area contributed by atoms with Gasteiger partial charge in [0.05, 0.1) is 13.0 Å². The average Bonchev–Trinajstić information content (AvgIpc) is 2.28. The third-order valence-corrected chi connectivity index (χ3v) is 2.26. The molecule has 5 N–H and O–H groups in total. The summed E-state index contributed by atoms with van der Waals surface area (Å²) in [4.78, 5) is 22.1. The van der Waals surface area contributed by atoms with Crippen molar-refractivity contribution < 1.29 is 14.3 Å². The number of anilines is 1. The second kappa shape index (κ2) is 6.48. The van der Waals surface area contributed by atoms with Crippen molar-refractivity contribution in [3.63, 3.8) is 0 Å². The zero-order valence-electron chi connectivity index (χ0n) is 10.2. The molecule has 0 aliphatic rings. The summed E-state index contributed by atoms with van der Waals surface area (Å²) in [5, 5.41) is 2.46. The van der Waals surface area contributed by atoms with Crippen molar-refractivity contribution in [1.82, 2.24) is 5.32 Å². The van der Waals surface area contributed by atoms with Gasteiger partial charge < -0.3 is 21.5 Å². The highest BCUT2D eigenvalue weighted by Crippen LogP contribution is 2.14. The summed E-state index contributed by atoms with van der Waals surface area (Å²) in [5.74, 6) is -0.254. The Morgan fingerprint density at radius 2 is 2.17 bits per heavy atom. The number of nitrogens with one attached hydrogen (secondary N) is 1. The van der Waals surface area contributed by atoms with Crippen molar-refractivity contribution in [1.29, 1.82) is 0 Å². The molecule has 0 aromatic heterocycles. The van der Waals surface area contributed by atoms with E-state index in [-0.39, 0.29) is 18.9 Å². The highest BCUT2D eigenvalue weighted by molar-refractivity contribution is 5.86. The quantitative estimate of drug-likeness (QED) is 0.620. The highest BCUT2D eigenvalue weighted by atomic mass is 16.5. The van der Waals surface area contributed by atoms with Crippen molar-refractivity contribution in [2.75, 3.05) is 12.3 Å². The largest absolute Gasteiger partial charge is 0.493 e. The summed E-state index contributed by atoms with van der Waals surface area (Å²) >= 11 is 0. The van der Waals surface area contributed by atoms with Crippen LogP contribution < -0.4 is 21.5 Å². The van der Waals surface area contributed by atoms with E-state index in [1.807, 2.05) is 0 Å². The van der Waals surface area contributed by atoms with Crippen LogP contribution in [0.25, 0.3) is 0 Å². The molecule has 1 atom stereocenters. The molecule has 98 valence electrons. The van der Waals surface area contributed by atoms with Crippen molar-refractivity contribution in [2.45, 2.75) is 19.4 Å². The minimum atomic E-state index is -0.676. The lowest BCUT2D eigenvalue weighted by Gasteiger charge is -2.10. The van der Waals surface area contributed by atoms with E-state index in [0.717, 1.165) is 0 Å². The number of hydrogen-bond donors (Lipinski definition) is 3. The fraction of sp³-hybridized carbons (Fsp3) is 0.333. The van der Waals surface area contributed by atoms with Gasteiger partial charge in [-0.3, -0.25) is 9.59 Å². The Morgan fingerprint density at radius 1 is 1.44 bits per heavy atom. The molecule has 0 aliphatic heterocycles. The SMILES string of the molecule is CC(NC(=O)CCOc1cccc(N)c1)C(N)=O. The van der Waals surface area contributed by atoms with Gasteiger partial charge in [0.15, 0.2) is 0 Å². The number of nitrogens with two attached hydrogens (primary N) is 2. The van der Waals surface area contributed by atoms with E-state index in [1.165, 1.54) is 6.92 Å². The number of carbonyl (C=O) groups excluding carboxylic acids is 2. The van der Waals surface area contributed by atoms with Gasteiger partial charge in [-0.05, 0) is 19.1 Å². The first-order chi connectivity index (χ1) is 8.49. The normalized spacial score (nSPS) is 11.6. The van der Waals surface area contributed by atoms with E-state index in [0.29, 0.717) is 11.4 Å². The van der Waals surface area contributed by atoms with Gasteiger partial charge in [-0.15, -0.1) is 0 Å².